The Bertz CT molecular complexity index is 4100. The van der Waals surface area contributed by atoms with Gasteiger partial charge >= 0.3 is 5.97 Å². The summed E-state index contributed by atoms with van der Waals surface area (Å²) in [7, 11) is 3.76. The van der Waals surface area contributed by atoms with Crippen LogP contribution in [0, 0.1) is 72.0 Å². The first kappa shape index (κ1) is 83.9. The van der Waals surface area contributed by atoms with Crippen LogP contribution in [0.15, 0.2) is 132 Å². The molecule has 100 heavy (non-hydrogen) atoms. The molecule has 21 heteroatoms. The number of phenols is 1. The topological polar surface area (TPSA) is 198 Å². The molecule has 1 atom stereocenters. The Hall–Kier alpha value is -6.72. The number of nitrogens with one attached hydrogen (secondary N) is 2. The summed E-state index contributed by atoms with van der Waals surface area (Å²) in [5, 5.41) is 34.0. The molecule has 0 spiro atoms. The maximum absolute atomic E-state index is 14.4. The Balaban J connectivity index is 0.000000228. The van der Waals surface area contributed by atoms with E-state index >= 15 is 0 Å². The van der Waals surface area contributed by atoms with Gasteiger partial charge in [0.15, 0.2) is 11.4 Å². The summed E-state index contributed by atoms with van der Waals surface area (Å²) in [5.41, 5.74) is 9.04. The van der Waals surface area contributed by atoms with Crippen LogP contribution < -0.4 is 5.32 Å². The summed E-state index contributed by atoms with van der Waals surface area (Å²) in [6.45, 7) is 22.5. The zero-order chi connectivity index (χ0) is 68.6. The molecule has 5 heterocycles. The van der Waals surface area contributed by atoms with Crippen molar-refractivity contribution in [3.8, 4) is 39.8 Å². The maximum atomic E-state index is 14.4. The molecule has 4 saturated carbocycles. The van der Waals surface area contributed by atoms with E-state index in [4.69, 9.17) is 26.5 Å². The molecule has 0 amide bonds. The van der Waals surface area contributed by atoms with E-state index in [9.17, 15) is 18.7 Å². The number of imidazole rings is 1. The Labute approximate surface area is 640 Å². The minimum Gasteiger partial charge on any atom is -0.507 e. The molecule has 13 rings (SSSR count). The molecule has 5 aliphatic rings. The van der Waals surface area contributed by atoms with Gasteiger partial charge in [0.05, 0.1) is 30.0 Å². The number of rotatable bonds is 13. The molecule has 8 aromatic rings. The average molecular weight is 1930 g/mol. The summed E-state index contributed by atoms with van der Waals surface area (Å²) < 4.78 is 36.7. The van der Waals surface area contributed by atoms with Crippen molar-refractivity contribution < 1.29 is 105 Å². The standard InChI is InChI=1S/C21H26N3.C20H19F2N2.C17H22N3.C15H17NO2.C6H8N2O2.Co.3Ir/c1-16(21(2)11-6-3-7-12-21)17-10-13-23-20(14-17)24-15-18-8-4-5-9-19(18)22;1-20(9-4-3-5-10-20)13-14-8-11-24-17(12-14)15-6-7-16(21)19(23-2)18(15)22;1-13-7-6-8-14(11-13)16-18-15(20(3)19-16)12-17(2)9-4-5-10-17;1-15(6-2-3-7-15)11-4-5-13(17)12(10-11)14-16-8-9-18-14;1-4-7-5(6(9)10)3-8(4)2;;;;/h4-5,8-10,13-14,16,22H,3,6-7,11-12H2,1-2H3,(H,23,24);7-8,11-12H,3-5,9-10,13H2,1H3;6-7,11H,4-5,9-10,12H2,1-3H3;4-5,8-10,17H,2-3,6-7H2,1H3;3H,1-2H3,(H,9,10);;;;/q3*-1;;;;;;. The van der Waals surface area contributed by atoms with Crippen LogP contribution in [0.1, 0.15) is 201 Å². The van der Waals surface area contributed by atoms with Gasteiger partial charge in [0.25, 0.3) is 0 Å². The van der Waals surface area contributed by atoms with Crippen LogP contribution in [-0.2, 0) is 109 Å². The molecule has 1 unspecified atom stereocenters. The van der Waals surface area contributed by atoms with E-state index in [0.29, 0.717) is 45.4 Å². The largest absolute Gasteiger partial charge is 0.507 e. The minimum atomic E-state index is -0.983. The van der Waals surface area contributed by atoms with Crippen molar-refractivity contribution in [2.45, 2.75) is 188 Å². The van der Waals surface area contributed by atoms with Gasteiger partial charge in [0.2, 0.25) is 5.89 Å². The molecular formula is C79H92CoF2Ir3N11O4-3. The number of hydrogen-bond acceptors (Lipinski definition) is 11. The zero-order valence-corrected chi connectivity index (χ0v) is 66.8. The van der Waals surface area contributed by atoms with E-state index in [1.807, 2.05) is 72.6 Å². The molecule has 0 saturated heterocycles. The molecule has 5 aromatic heterocycles. The maximum Gasteiger partial charge on any atom is 0.356 e. The van der Waals surface area contributed by atoms with Gasteiger partial charge in [-0.1, -0.05) is 148 Å². The smallest absolute Gasteiger partial charge is 0.356 e. The van der Waals surface area contributed by atoms with Crippen molar-refractivity contribution in [1.82, 2.24) is 39.3 Å². The van der Waals surface area contributed by atoms with Crippen molar-refractivity contribution >= 4 is 23.2 Å². The van der Waals surface area contributed by atoms with Gasteiger partial charge in [-0.2, -0.15) is 0 Å². The summed E-state index contributed by atoms with van der Waals surface area (Å²) in [4.78, 5) is 34.5. The van der Waals surface area contributed by atoms with E-state index in [1.165, 1.54) is 145 Å². The van der Waals surface area contributed by atoms with Crippen molar-refractivity contribution in [3.63, 3.8) is 0 Å². The molecule has 4 radical (unpaired) electrons. The molecule has 5 aliphatic carbocycles. The molecule has 540 valence electrons. The molecule has 0 bridgehead atoms. The normalized spacial score (nSPS) is 17.1. The third-order valence-electron chi connectivity index (χ3n) is 20.3. The monoisotopic (exact) mass is 1930 g/mol. The number of allylic oxidation sites excluding steroid dienone is 5. The minimum absolute atomic E-state index is 0. The fourth-order valence-corrected chi connectivity index (χ4v) is 14.0. The fraction of sp³-hybridized carbons (Fsp3) is 0.430. The van der Waals surface area contributed by atoms with Gasteiger partial charge in [-0.25, -0.2) is 19.9 Å². The van der Waals surface area contributed by atoms with Crippen molar-refractivity contribution in [3.05, 3.63) is 209 Å². The number of oxazole rings is 1. The van der Waals surface area contributed by atoms with Gasteiger partial charge in [-0.15, -0.1) is 70.8 Å². The summed E-state index contributed by atoms with van der Waals surface area (Å²) >= 11 is 0. The van der Waals surface area contributed by atoms with Crippen molar-refractivity contribution in [1.29, 1.82) is 5.41 Å². The van der Waals surface area contributed by atoms with Gasteiger partial charge in [-0.3, -0.25) is 28.3 Å². The number of carboxylic acid groups (broad SMARTS) is 1. The summed E-state index contributed by atoms with van der Waals surface area (Å²) in [5.74, 6) is 1.86. The summed E-state index contributed by atoms with van der Waals surface area (Å²) in [6.07, 6.45) is 43.8. The van der Waals surface area contributed by atoms with Gasteiger partial charge in [0.1, 0.15) is 23.7 Å². The van der Waals surface area contributed by atoms with Crippen LogP contribution >= 0.6 is 0 Å². The van der Waals surface area contributed by atoms with Gasteiger partial charge in [0, 0.05) is 128 Å². The number of nitrogens with zero attached hydrogens (tertiary/aromatic N) is 9. The summed E-state index contributed by atoms with van der Waals surface area (Å²) in [6, 6.07) is 26.7. The van der Waals surface area contributed by atoms with E-state index < -0.39 is 23.3 Å². The number of carboxylic acids is 1. The number of anilines is 1. The molecule has 4 fully saturated rings. The number of aromatic nitrogens is 8. The van der Waals surface area contributed by atoms with Crippen LogP contribution in [-0.4, -0.2) is 61.2 Å². The Morgan fingerprint density at radius 1 is 0.790 bits per heavy atom. The van der Waals surface area contributed by atoms with Crippen molar-refractivity contribution in [2.75, 3.05) is 5.32 Å². The number of hydrogen-bond donors (Lipinski definition) is 4. The number of carbonyl (C=O) groups is 1. The first-order valence-electron chi connectivity index (χ1n) is 33.8. The number of phenolic OH excluding ortho intramolecular Hbond substituents is 1. The van der Waals surface area contributed by atoms with Crippen LogP contribution in [0.4, 0.5) is 20.3 Å². The second-order valence-electron chi connectivity index (χ2n) is 28.0. The number of aromatic hydroxyl groups is 1. The van der Waals surface area contributed by atoms with E-state index in [-0.39, 0.29) is 105 Å². The first-order valence-corrected chi connectivity index (χ1v) is 33.8. The third-order valence-corrected chi connectivity index (χ3v) is 20.3. The first-order chi connectivity index (χ1) is 46.0. The Morgan fingerprint density at radius 2 is 1.43 bits per heavy atom. The average Bonchev–Trinajstić information content (AvgIpc) is 1.83. The number of pyridine rings is 2. The zero-order valence-electron chi connectivity index (χ0n) is 58.6. The van der Waals surface area contributed by atoms with Crippen LogP contribution in [0.2, 0.25) is 0 Å². The SMILES string of the molecule is CC(c1ccnc(N[C-]=C2C=CC=CC2=N)c1)C1(C)CCCCC1.CC1(c2ccc(O)c(-c3ncco3)c2)CCCC1.Cc1cc[c-]c(-c2nc(CC3(C)CCCC3)n(C)n2)c1.Cc1nc(C(=O)O)cn1C.[C-]#[N+]c1c(F)c[c-]c(-c2cc(CC3(C)CCCCC3)ccn2)c1F.[Co].[Ir].[Ir].[Ir]. The molecule has 3 aromatic carbocycles. The molecular weight excluding hydrogens is 1840 g/mol. The predicted octanol–water partition coefficient (Wildman–Crippen LogP) is 19.3. The van der Waals surface area contributed by atoms with Crippen LogP contribution in [0.3, 0.4) is 0 Å². The fourth-order valence-electron chi connectivity index (χ4n) is 14.0. The Kier molecular flexibility index (Phi) is 32.3. The van der Waals surface area contributed by atoms with Gasteiger partial charge < -0.3 is 34.9 Å². The van der Waals surface area contributed by atoms with Gasteiger partial charge in [-0.05, 0) is 139 Å². The second-order valence-corrected chi connectivity index (χ2v) is 28.0. The Morgan fingerprint density at radius 3 is 2.04 bits per heavy atom. The molecule has 0 aliphatic heterocycles. The van der Waals surface area contributed by atoms with E-state index in [1.54, 1.807) is 43.1 Å². The number of aromatic carboxylic acids is 1. The second kappa shape index (κ2) is 38.5. The molecule has 4 N–H and O–H groups in total. The molecule has 15 nitrogen and oxygen atoms in total. The quantitative estimate of drug-likeness (QED) is 0.0633. The number of benzene rings is 3. The van der Waals surface area contributed by atoms with E-state index in [2.05, 4.69) is 113 Å². The third kappa shape index (κ3) is 22.4. The predicted molar refractivity (Wildman–Crippen MR) is 374 cm³/mol. The van der Waals surface area contributed by atoms with Crippen molar-refractivity contribution in [2.24, 2.45) is 30.3 Å². The number of halogens is 2. The van der Waals surface area contributed by atoms with Crippen LogP contribution in [0.5, 0.6) is 5.75 Å². The van der Waals surface area contributed by atoms with Crippen LogP contribution in [0.25, 0.3) is 38.9 Å². The van der Waals surface area contributed by atoms with E-state index in [0.717, 1.165) is 53.1 Å². The number of aryl methyl sites for hydroxylation is 4.